The number of nitrogens with one attached hydrogen (secondary N) is 2. The lowest BCUT2D eigenvalue weighted by Gasteiger charge is -2.43. The molecule has 8 nitrogen and oxygen atoms in total. The first-order valence-corrected chi connectivity index (χ1v) is 13.3. The molecule has 3 heterocycles. The van der Waals surface area contributed by atoms with Crippen LogP contribution in [0.1, 0.15) is 55.0 Å². The predicted octanol–water partition coefficient (Wildman–Crippen LogP) is 4.41. The van der Waals surface area contributed by atoms with Crippen LogP contribution in [0.3, 0.4) is 0 Å². The van der Waals surface area contributed by atoms with Gasteiger partial charge in [-0.15, -0.1) is 0 Å². The summed E-state index contributed by atoms with van der Waals surface area (Å²) in [5, 5.41) is 5.93. The summed E-state index contributed by atoms with van der Waals surface area (Å²) in [6, 6.07) is 17.0. The number of amides is 3. The zero-order valence-electron chi connectivity index (χ0n) is 22.4. The molecule has 0 bridgehead atoms. The van der Waals surface area contributed by atoms with Crippen molar-refractivity contribution in [1.29, 1.82) is 0 Å². The van der Waals surface area contributed by atoms with E-state index < -0.39 is 10.8 Å². The molecule has 2 atom stereocenters. The van der Waals surface area contributed by atoms with Crippen LogP contribution in [0, 0.1) is 5.41 Å². The summed E-state index contributed by atoms with van der Waals surface area (Å²) in [4.78, 5) is 45.9. The number of ether oxygens (including phenoxy) is 1. The minimum absolute atomic E-state index is 0.0356. The number of fused-ring (bicyclic) bond motifs is 3. The Morgan fingerprint density at radius 2 is 1.90 bits per heavy atom. The Hall–Kier alpha value is -4.20. The van der Waals surface area contributed by atoms with E-state index in [1.807, 2.05) is 68.4 Å². The average Bonchev–Trinajstić information content (AvgIpc) is 3.44. The zero-order valence-corrected chi connectivity index (χ0v) is 22.4. The fourth-order valence-corrected chi connectivity index (χ4v) is 6.44. The van der Waals surface area contributed by atoms with E-state index in [2.05, 4.69) is 15.6 Å². The highest BCUT2D eigenvalue weighted by atomic mass is 16.5. The van der Waals surface area contributed by atoms with Gasteiger partial charge in [0.25, 0.3) is 0 Å². The Balaban J connectivity index is 1.22. The molecule has 3 aliphatic rings. The molecule has 0 saturated carbocycles. The van der Waals surface area contributed by atoms with Gasteiger partial charge in [0.15, 0.2) is 0 Å². The lowest BCUT2D eigenvalue weighted by atomic mass is 9.78. The summed E-state index contributed by atoms with van der Waals surface area (Å²) in [5.41, 5.74) is 3.38. The first-order chi connectivity index (χ1) is 18.7. The number of rotatable bonds is 5. The molecule has 2 aromatic carbocycles. The van der Waals surface area contributed by atoms with Crippen LogP contribution in [0.5, 0.6) is 5.75 Å². The van der Waals surface area contributed by atoms with Crippen LogP contribution in [0.2, 0.25) is 0 Å². The van der Waals surface area contributed by atoms with E-state index in [4.69, 9.17) is 4.74 Å². The number of carbonyl (C=O) groups is 3. The van der Waals surface area contributed by atoms with E-state index in [1.54, 1.807) is 18.2 Å². The van der Waals surface area contributed by atoms with Crippen LogP contribution in [-0.2, 0) is 32.6 Å². The number of para-hydroxylation sites is 1. The number of carbonyl (C=O) groups excluding carboxylic acids is 3. The fourth-order valence-electron chi connectivity index (χ4n) is 6.44. The van der Waals surface area contributed by atoms with E-state index in [0.717, 1.165) is 35.1 Å². The molecule has 2 aliphatic heterocycles. The molecule has 200 valence electrons. The molecule has 1 aliphatic carbocycles. The van der Waals surface area contributed by atoms with Crippen molar-refractivity contribution in [2.75, 3.05) is 24.3 Å². The third-order valence-electron chi connectivity index (χ3n) is 8.54. The number of anilines is 2. The lowest BCUT2D eigenvalue weighted by Crippen LogP contribution is -2.50. The van der Waals surface area contributed by atoms with Crippen molar-refractivity contribution in [3.63, 3.8) is 0 Å². The van der Waals surface area contributed by atoms with Crippen LogP contribution in [-0.4, -0.2) is 41.3 Å². The van der Waals surface area contributed by atoms with Gasteiger partial charge in [0, 0.05) is 28.4 Å². The van der Waals surface area contributed by atoms with Gasteiger partial charge < -0.3 is 20.3 Å². The van der Waals surface area contributed by atoms with Gasteiger partial charge in [-0.25, -0.2) is 4.98 Å². The monoisotopic (exact) mass is 524 g/mol. The normalized spacial score (nSPS) is 22.8. The Kier molecular flexibility index (Phi) is 5.93. The fraction of sp³-hybridized carbons (Fsp3) is 0.355. The molecule has 8 heteroatoms. The summed E-state index contributed by atoms with van der Waals surface area (Å²) < 4.78 is 5.58. The molecule has 1 fully saturated rings. The molecule has 2 N–H and O–H groups in total. The topological polar surface area (TPSA) is 101 Å². The maximum Gasteiger partial charge on any atom is 0.244 e. The minimum atomic E-state index is -0.664. The highest BCUT2D eigenvalue weighted by Crippen LogP contribution is 2.47. The number of hydrogen-bond acceptors (Lipinski definition) is 5. The number of likely N-dealkylation sites (tertiary alicyclic amines) is 1. The third-order valence-corrected chi connectivity index (χ3v) is 8.54. The van der Waals surface area contributed by atoms with Crippen molar-refractivity contribution in [3.8, 4) is 5.75 Å². The largest absolute Gasteiger partial charge is 0.496 e. The Bertz CT molecular complexity index is 1500. The van der Waals surface area contributed by atoms with Gasteiger partial charge in [-0.1, -0.05) is 44.2 Å². The van der Waals surface area contributed by atoms with E-state index in [0.29, 0.717) is 30.1 Å². The number of hydrogen-bond donors (Lipinski definition) is 2. The van der Waals surface area contributed by atoms with Gasteiger partial charge in [0.05, 0.1) is 18.6 Å². The summed E-state index contributed by atoms with van der Waals surface area (Å²) in [6.07, 6.45) is 4.29. The lowest BCUT2D eigenvalue weighted by molar-refractivity contribution is -0.150. The SMILES string of the molecule is COc1ccccc1[C@@H]1CCC(C)(C)C(=O)N1CC(=O)Nc1ccc2c(c1)C[C@@]1(C2)C(=O)Nc2ncccc21. The predicted molar refractivity (Wildman–Crippen MR) is 147 cm³/mol. The molecule has 1 saturated heterocycles. The molecule has 0 radical (unpaired) electrons. The van der Waals surface area contributed by atoms with E-state index in [-0.39, 0.29) is 30.3 Å². The second-order valence-corrected chi connectivity index (χ2v) is 11.4. The molecular formula is C31H32N4O4. The van der Waals surface area contributed by atoms with E-state index in [9.17, 15) is 14.4 Å². The van der Waals surface area contributed by atoms with Gasteiger partial charge in [-0.2, -0.15) is 0 Å². The van der Waals surface area contributed by atoms with E-state index in [1.165, 1.54) is 0 Å². The smallest absolute Gasteiger partial charge is 0.244 e. The van der Waals surface area contributed by atoms with Crippen molar-refractivity contribution in [2.24, 2.45) is 5.41 Å². The average molecular weight is 525 g/mol. The quantitative estimate of drug-likeness (QED) is 0.515. The minimum Gasteiger partial charge on any atom is -0.496 e. The van der Waals surface area contributed by atoms with Crippen LogP contribution < -0.4 is 15.4 Å². The molecule has 0 unspecified atom stereocenters. The van der Waals surface area contributed by atoms with Gasteiger partial charge in [-0.05, 0) is 61.1 Å². The van der Waals surface area contributed by atoms with Gasteiger partial charge in [0.1, 0.15) is 18.1 Å². The van der Waals surface area contributed by atoms with Crippen molar-refractivity contribution < 1.29 is 19.1 Å². The summed E-state index contributed by atoms with van der Waals surface area (Å²) in [6.45, 7) is 3.80. The van der Waals surface area contributed by atoms with Crippen molar-refractivity contribution in [1.82, 2.24) is 9.88 Å². The zero-order chi connectivity index (χ0) is 27.4. The van der Waals surface area contributed by atoms with E-state index >= 15 is 0 Å². The summed E-state index contributed by atoms with van der Waals surface area (Å²) >= 11 is 0. The Morgan fingerprint density at radius 3 is 2.72 bits per heavy atom. The number of piperidine rings is 1. The molecule has 1 spiro atoms. The molecule has 6 rings (SSSR count). The molecule has 39 heavy (non-hydrogen) atoms. The van der Waals surface area contributed by atoms with Crippen LogP contribution in [0.15, 0.2) is 60.8 Å². The first-order valence-electron chi connectivity index (χ1n) is 13.3. The number of nitrogens with zero attached hydrogens (tertiary/aromatic N) is 2. The maximum atomic E-state index is 13.5. The third kappa shape index (κ3) is 4.15. The van der Waals surface area contributed by atoms with Crippen LogP contribution in [0.4, 0.5) is 11.5 Å². The summed E-state index contributed by atoms with van der Waals surface area (Å²) in [5.74, 6) is 0.992. The van der Waals surface area contributed by atoms with Crippen molar-refractivity contribution in [2.45, 2.75) is 51.0 Å². The molecular weight excluding hydrogens is 492 g/mol. The number of aromatic nitrogens is 1. The second kappa shape index (κ2) is 9.22. The second-order valence-electron chi connectivity index (χ2n) is 11.4. The summed E-state index contributed by atoms with van der Waals surface area (Å²) in [7, 11) is 1.62. The van der Waals surface area contributed by atoms with Crippen LogP contribution >= 0.6 is 0 Å². The van der Waals surface area contributed by atoms with Gasteiger partial charge in [0.2, 0.25) is 17.7 Å². The van der Waals surface area contributed by atoms with Crippen LogP contribution in [0.25, 0.3) is 0 Å². The maximum absolute atomic E-state index is 13.5. The molecule has 3 aromatic rings. The van der Waals surface area contributed by atoms with Gasteiger partial charge >= 0.3 is 0 Å². The van der Waals surface area contributed by atoms with Crippen molar-refractivity contribution in [3.05, 3.63) is 83.0 Å². The number of pyridine rings is 1. The Morgan fingerprint density at radius 1 is 1.10 bits per heavy atom. The highest BCUT2D eigenvalue weighted by molar-refractivity contribution is 6.06. The highest BCUT2D eigenvalue weighted by Gasteiger charge is 2.51. The number of methoxy groups -OCH3 is 1. The van der Waals surface area contributed by atoms with Gasteiger partial charge in [-0.3, -0.25) is 14.4 Å². The molecule has 3 amide bonds. The number of benzene rings is 2. The standard InChI is InChI=1S/C31H32N4O4/c1-30(2)13-12-24(22-7-4-5-9-25(22)39-3)35(29(30)38)18-26(36)33-21-11-10-19-16-31(17-20(19)15-21)23-8-6-14-32-27(23)34-28(31)37/h4-11,14-15,24H,12-13,16-18H2,1-3H3,(H,33,36)(H,32,34,37)/t24-,31+/m0/s1. The van der Waals surface area contributed by atoms with Crippen molar-refractivity contribution >= 4 is 29.2 Å². The first kappa shape index (κ1) is 25.1. The molecule has 1 aromatic heterocycles. The Labute approximate surface area is 227 Å².